The first kappa shape index (κ1) is 8.22. The highest BCUT2D eigenvalue weighted by molar-refractivity contribution is 5.92. The zero-order valence-corrected chi connectivity index (χ0v) is 7.74. The van der Waals surface area contributed by atoms with Gasteiger partial charge in [-0.1, -0.05) is 0 Å². The summed E-state index contributed by atoms with van der Waals surface area (Å²) in [6.07, 6.45) is 2.01. The highest BCUT2D eigenvalue weighted by atomic mass is 16.2. The molecule has 1 amide bonds. The first-order valence-corrected chi connectivity index (χ1v) is 4.35. The van der Waals surface area contributed by atoms with Crippen LogP contribution in [0.5, 0.6) is 0 Å². The number of rotatable bonds is 2. The fourth-order valence-corrected chi connectivity index (χ4v) is 1.18. The summed E-state index contributed by atoms with van der Waals surface area (Å²) in [5, 5.41) is 6.78. The maximum atomic E-state index is 11.3. The zero-order chi connectivity index (χ0) is 9.42. The lowest BCUT2D eigenvalue weighted by Gasteiger charge is -2.00. The van der Waals surface area contributed by atoms with E-state index in [9.17, 15) is 4.79 Å². The number of amides is 1. The Morgan fingerprint density at radius 1 is 1.62 bits per heavy atom. The van der Waals surface area contributed by atoms with E-state index in [1.54, 1.807) is 18.7 Å². The quantitative estimate of drug-likeness (QED) is 0.719. The fraction of sp³-hybridized carbons (Fsp3) is 0.625. The van der Waals surface area contributed by atoms with Gasteiger partial charge in [-0.3, -0.25) is 10.1 Å². The molecule has 5 heteroatoms. The maximum absolute atomic E-state index is 11.3. The van der Waals surface area contributed by atoms with Gasteiger partial charge in [-0.05, 0) is 19.8 Å². The van der Waals surface area contributed by atoms with Crippen LogP contribution in [0.2, 0.25) is 0 Å². The third kappa shape index (κ3) is 1.68. The molecule has 1 aromatic heterocycles. The van der Waals surface area contributed by atoms with Gasteiger partial charge in [-0.15, -0.1) is 0 Å². The van der Waals surface area contributed by atoms with E-state index in [-0.39, 0.29) is 11.8 Å². The van der Waals surface area contributed by atoms with E-state index in [0.717, 1.165) is 12.8 Å². The standard InChI is InChI=1S/C8H12N4O/c1-5-9-8(12(2)11-5)10-7(13)6-3-4-6/h6H,3-4H2,1-2H3,(H,9,10,11,13). The summed E-state index contributed by atoms with van der Waals surface area (Å²) in [5.74, 6) is 1.48. The molecule has 0 radical (unpaired) electrons. The van der Waals surface area contributed by atoms with Crippen molar-refractivity contribution in [2.75, 3.05) is 5.32 Å². The highest BCUT2D eigenvalue weighted by Gasteiger charge is 2.30. The van der Waals surface area contributed by atoms with Crippen LogP contribution in [-0.4, -0.2) is 20.7 Å². The first-order chi connectivity index (χ1) is 6.16. The van der Waals surface area contributed by atoms with Crippen LogP contribution in [0.4, 0.5) is 5.95 Å². The van der Waals surface area contributed by atoms with Crippen LogP contribution in [0.15, 0.2) is 0 Å². The molecular weight excluding hydrogens is 168 g/mol. The fourth-order valence-electron chi connectivity index (χ4n) is 1.18. The van der Waals surface area contributed by atoms with Crippen molar-refractivity contribution in [3.63, 3.8) is 0 Å². The Hall–Kier alpha value is -1.39. The molecule has 0 unspecified atom stereocenters. The maximum Gasteiger partial charge on any atom is 0.229 e. The summed E-state index contributed by atoms with van der Waals surface area (Å²) in [6.45, 7) is 1.80. The van der Waals surface area contributed by atoms with Crippen LogP contribution in [0.25, 0.3) is 0 Å². The van der Waals surface area contributed by atoms with E-state index in [4.69, 9.17) is 0 Å². The van der Waals surface area contributed by atoms with Gasteiger partial charge in [0.25, 0.3) is 0 Å². The predicted octanol–water partition coefficient (Wildman–Crippen LogP) is 0.472. The second-order valence-electron chi connectivity index (χ2n) is 3.37. The molecule has 1 aromatic rings. The number of carbonyl (C=O) groups is 1. The normalized spacial score (nSPS) is 15.8. The Kier molecular flexibility index (Phi) is 1.79. The third-order valence-corrected chi connectivity index (χ3v) is 2.05. The Balaban J connectivity index is 2.07. The summed E-state index contributed by atoms with van der Waals surface area (Å²) in [4.78, 5) is 15.4. The van der Waals surface area contributed by atoms with Gasteiger partial charge in [0.05, 0.1) is 0 Å². The van der Waals surface area contributed by atoms with Gasteiger partial charge in [0, 0.05) is 13.0 Å². The Morgan fingerprint density at radius 3 is 2.77 bits per heavy atom. The van der Waals surface area contributed by atoms with Crippen LogP contribution >= 0.6 is 0 Å². The molecule has 5 nitrogen and oxygen atoms in total. The number of aromatic nitrogens is 3. The number of hydrogen-bond donors (Lipinski definition) is 1. The molecule has 70 valence electrons. The van der Waals surface area contributed by atoms with E-state index in [2.05, 4.69) is 15.4 Å². The smallest absolute Gasteiger partial charge is 0.229 e. The molecule has 0 spiro atoms. The minimum absolute atomic E-state index is 0.0653. The Bertz CT molecular complexity index is 340. The van der Waals surface area contributed by atoms with E-state index >= 15 is 0 Å². The van der Waals surface area contributed by atoms with Crippen molar-refractivity contribution in [3.8, 4) is 0 Å². The summed E-state index contributed by atoms with van der Waals surface area (Å²) in [7, 11) is 1.77. The van der Waals surface area contributed by atoms with Gasteiger partial charge in [0.1, 0.15) is 5.82 Å². The van der Waals surface area contributed by atoms with Crippen molar-refractivity contribution < 1.29 is 4.79 Å². The van der Waals surface area contributed by atoms with Crippen LogP contribution in [-0.2, 0) is 11.8 Å². The zero-order valence-electron chi connectivity index (χ0n) is 7.74. The lowest BCUT2D eigenvalue weighted by Crippen LogP contribution is -2.16. The predicted molar refractivity (Wildman–Crippen MR) is 47.1 cm³/mol. The van der Waals surface area contributed by atoms with E-state index < -0.39 is 0 Å². The van der Waals surface area contributed by atoms with Gasteiger partial charge in [0.15, 0.2) is 0 Å². The Labute approximate surface area is 76.2 Å². The number of aryl methyl sites for hydroxylation is 2. The van der Waals surface area contributed by atoms with Gasteiger partial charge >= 0.3 is 0 Å². The average molecular weight is 180 g/mol. The van der Waals surface area contributed by atoms with Crippen LogP contribution < -0.4 is 5.32 Å². The Morgan fingerprint density at radius 2 is 2.31 bits per heavy atom. The molecule has 13 heavy (non-hydrogen) atoms. The molecule has 0 saturated heterocycles. The number of anilines is 1. The number of nitrogens with one attached hydrogen (secondary N) is 1. The molecule has 1 saturated carbocycles. The van der Waals surface area contributed by atoms with Crippen molar-refractivity contribution in [2.45, 2.75) is 19.8 Å². The van der Waals surface area contributed by atoms with Crippen LogP contribution in [0, 0.1) is 12.8 Å². The van der Waals surface area contributed by atoms with Crippen molar-refractivity contribution >= 4 is 11.9 Å². The van der Waals surface area contributed by atoms with Gasteiger partial charge < -0.3 is 0 Å². The number of nitrogens with zero attached hydrogens (tertiary/aromatic N) is 3. The lowest BCUT2D eigenvalue weighted by molar-refractivity contribution is -0.117. The van der Waals surface area contributed by atoms with Gasteiger partial charge in [0.2, 0.25) is 11.9 Å². The minimum Gasteiger partial charge on any atom is -0.294 e. The third-order valence-electron chi connectivity index (χ3n) is 2.05. The van der Waals surface area contributed by atoms with Crippen LogP contribution in [0.3, 0.4) is 0 Å². The average Bonchev–Trinajstić information content (AvgIpc) is 2.81. The van der Waals surface area contributed by atoms with Gasteiger partial charge in [-0.25, -0.2) is 4.68 Å². The molecule has 1 aliphatic rings. The topological polar surface area (TPSA) is 59.8 Å². The molecule has 0 atom stereocenters. The lowest BCUT2D eigenvalue weighted by atomic mass is 10.4. The van der Waals surface area contributed by atoms with E-state index in [1.807, 2.05) is 0 Å². The molecular formula is C8H12N4O. The molecule has 0 aliphatic heterocycles. The SMILES string of the molecule is Cc1nc(NC(=O)C2CC2)n(C)n1. The van der Waals surface area contributed by atoms with Crippen molar-refractivity contribution in [2.24, 2.45) is 13.0 Å². The molecule has 0 bridgehead atoms. The van der Waals surface area contributed by atoms with E-state index in [1.165, 1.54) is 0 Å². The highest BCUT2D eigenvalue weighted by Crippen LogP contribution is 2.29. The number of hydrogen-bond acceptors (Lipinski definition) is 3. The molecule has 1 fully saturated rings. The summed E-state index contributed by atoms with van der Waals surface area (Å²) < 4.78 is 1.58. The first-order valence-electron chi connectivity index (χ1n) is 4.35. The van der Waals surface area contributed by atoms with Crippen molar-refractivity contribution in [1.29, 1.82) is 0 Å². The largest absolute Gasteiger partial charge is 0.294 e. The molecule has 1 N–H and O–H groups in total. The molecule has 1 aliphatic carbocycles. The van der Waals surface area contributed by atoms with Crippen molar-refractivity contribution in [3.05, 3.63) is 5.82 Å². The van der Waals surface area contributed by atoms with E-state index in [0.29, 0.717) is 11.8 Å². The summed E-state index contributed by atoms with van der Waals surface area (Å²) in [5.41, 5.74) is 0. The summed E-state index contributed by atoms with van der Waals surface area (Å²) in [6, 6.07) is 0. The van der Waals surface area contributed by atoms with Crippen LogP contribution in [0.1, 0.15) is 18.7 Å². The molecule has 0 aromatic carbocycles. The van der Waals surface area contributed by atoms with Crippen molar-refractivity contribution in [1.82, 2.24) is 14.8 Å². The number of carbonyl (C=O) groups excluding carboxylic acids is 1. The monoisotopic (exact) mass is 180 g/mol. The van der Waals surface area contributed by atoms with Gasteiger partial charge in [-0.2, -0.15) is 10.1 Å². The minimum atomic E-state index is 0.0653. The summed E-state index contributed by atoms with van der Waals surface area (Å²) >= 11 is 0. The molecule has 2 rings (SSSR count). The molecule has 1 heterocycles. The second kappa shape index (κ2) is 2.83. The second-order valence-corrected chi connectivity index (χ2v) is 3.37.